The molecule has 1 aromatic rings. The van der Waals surface area contributed by atoms with E-state index in [1.165, 1.54) is 4.31 Å². The zero-order valence-electron chi connectivity index (χ0n) is 18.2. The van der Waals surface area contributed by atoms with Crippen molar-refractivity contribution in [3.8, 4) is 0 Å². The summed E-state index contributed by atoms with van der Waals surface area (Å²) < 4.78 is 26.3. The molecular formula is C22H33N3O4S. The Hall–Kier alpha value is -1.93. The lowest BCUT2D eigenvalue weighted by molar-refractivity contribution is -0.119. The third-order valence-corrected chi connectivity index (χ3v) is 8.20. The molecule has 2 unspecified atom stereocenters. The van der Waals surface area contributed by atoms with Crippen LogP contribution in [-0.4, -0.2) is 60.4 Å². The van der Waals surface area contributed by atoms with E-state index in [1.807, 2.05) is 18.7 Å². The van der Waals surface area contributed by atoms with Crippen molar-refractivity contribution in [1.29, 1.82) is 0 Å². The van der Waals surface area contributed by atoms with Crippen molar-refractivity contribution in [2.24, 2.45) is 0 Å². The molecule has 2 atom stereocenters. The molecule has 1 N–H and O–H groups in total. The van der Waals surface area contributed by atoms with Gasteiger partial charge in [0, 0.05) is 30.4 Å². The lowest BCUT2D eigenvalue weighted by Gasteiger charge is -2.33. The number of amides is 2. The van der Waals surface area contributed by atoms with E-state index < -0.39 is 16.1 Å². The Balaban J connectivity index is 1.71. The smallest absolute Gasteiger partial charge is 0.254 e. The summed E-state index contributed by atoms with van der Waals surface area (Å²) >= 11 is 0. The Bertz CT molecular complexity index is 900. The fourth-order valence-electron chi connectivity index (χ4n) is 4.43. The van der Waals surface area contributed by atoms with Crippen molar-refractivity contribution >= 4 is 27.5 Å². The molecule has 2 amide bonds. The van der Waals surface area contributed by atoms with Gasteiger partial charge in [-0.25, -0.2) is 8.42 Å². The molecule has 0 aromatic heterocycles. The number of sulfonamides is 1. The van der Waals surface area contributed by atoms with Crippen LogP contribution < -0.4 is 5.32 Å². The van der Waals surface area contributed by atoms with Gasteiger partial charge in [-0.1, -0.05) is 6.92 Å². The molecular weight excluding hydrogens is 402 g/mol. The number of rotatable bonds is 6. The Kier molecular flexibility index (Phi) is 7.18. The summed E-state index contributed by atoms with van der Waals surface area (Å²) in [5.74, 6) is -0.226. The molecule has 2 fully saturated rings. The highest BCUT2D eigenvalue weighted by atomic mass is 32.2. The van der Waals surface area contributed by atoms with E-state index in [0.29, 0.717) is 37.1 Å². The molecule has 30 heavy (non-hydrogen) atoms. The van der Waals surface area contributed by atoms with E-state index >= 15 is 0 Å². The Morgan fingerprint density at radius 1 is 1.13 bits per heavy atom. The summed E-state index contributed by atoms with van der Waals surface area (Å²) in [5, 5.41) is 2.88. The lowest BCUT2D eigenvalue weighted by atomic mass is 10.0. The number of anilines is 1. The molecule has 0 bridgehead atoms. The molecule has 0 saturated carbocycles. The van der Waals surface area contributed by atoms with Gasteiger partial charge in [0.1, 0.15) is 6.04 Å². The van der Waals surface area contributed by atoms with Gasteiger partial charge in [0.05, 0.1) is 5.75 Å². The standard InChI is InChI=1S/C22H33N3O4S/c1-4-14-30(28,29)25-13-7-9-20(25)21(26)23-19-11-10-18(15-16(19)2)22(27)24-12-6-5-8-17(24)3/h10-11,15,17,20H,4-9,12-14H2,1-3H3,(H,23,26). The first-order chi connectivity index (χ1) is 14.2. The van der Waals surface area contributed by atoms with Crippen LogP contribution in [0.1, 0.15) is 68.3 Å². The predicted molar refractivity (Wildman–Crippen MR) is 118 cm³/mol. The van der Waals surface area contributed by atoms with Crippen LogP contribution in [0.15, 0.2) is 18.2 Å². The number of nitrogens with zero attached hydrogens (tertiary/aromatic N) is 2. The molecule has 2 heterocycles. The first kappa shape index (κ1) is 22.7. The summed E-state index contributed by atoms with van der Waals surface area (Å²) in [4.78, 5) is 27.7. The fourth-order valence-corrected chi connectivity index (χ4v) is 6.18. The minimum atomic E-state index is -3.42. The van der Waals surface area contributed by atoms with Crippen LogP contribution in [0.5, 0.6) is 0 Å². The van der Waals surface area contributed by atoms with Crippen molar-refractivity contribution < 1.29 is 18.0 Å². The monoisotopic (exact) mass is 435 g/mol. The second kappa shape index (κ2) is 9.47. The first-order valence-electron chi connectivity index (χ1n) is 11.0. The molecule has 0 spiro atoms. The average Bonchev–Trinajstić information content (AvgIpc) is 3.20. The second-order valence-corrected chi connectivity index (χ2v) is 10.5. The number of carbonyl (C=O) groups is 2. The van der Waals surface area contributed by atoms with Gasteiger partial charge in [0.2, 0.25) is 15.9 Å². The second-order valence-electron chi connectivity index (χ2n) is 8.45. The Labute approximate surface area is 179 Å². The topological polar surface area (TPSA) is 86.8 Å². The molecule has 3 rings (SSSR count). The maximum absolute atomic E-state index is 12.9. The fraction of sp³-hybridized carbons (Fsp3) is 0.636. The summed E-state index contributed by atoms with van der Waals surface area (Å²) in [6.45, 7) is 6.92. The van der Waals surface area contributed by atoms with Crippen LogP contribution in [0.4, 0.5) is 5.69 Å². The first-order valence-corrected chi connectivity index (χ1v) is 12.6. The van der Waals surface area contributed by atoms with Crippen molar-refractivity contribution in [2.75, 3.05) is 24.2 Å². The third kappa shape index (κ3) is 4.86. The van der Waals surface area contributed by atoms with E-state index in [4.69, 9.17) is 0 Å². The predicted octanol–water partition coefficient (Wildman–Crippen LogP) is 3.15. The zero-order valence-corrected chi connectivity index (χ0v) is 19.0. The highest BCUT2D eigenvalue weighted by Gasteiger charge is 2.38. The zero-order chi connectivity index (χ0) is 21.9. The normalized spacial score (nSPS) is 22.8. The molecule has 8 heteroatoms. The number of aryl methyl sites for hydroxylation is 1. The van der Waals surface area contributed by atoms with Crippen molar-refractivity contribution in [3.63, 3.8) is 0 Å². The quantitative estimate of drug-likeness (QED) is 0.744. The highest BCUT2D eigenvalue weighted by Crippen LogP contribution is 2.26. The van der Waals surface area contributed by atoms with E-state index in [2.05, 4.69) is 12.2 Å². The summed E-state index contributed by atoms with van der Waals surface area (Å²) in [5.41, 5.74) is 2.02. The number of nitrogens with one attached hydrogen (secondary N) is 1. The summed E-state index contributed by atoms with van der Waals surface area (Å²) in [6, 6.07) is 4.86. The Morgan fingerprint density at radius 2 is 1.90 bits per heavy atom. The van der Waals surface area contributed by atoms with E-state index in [0.717, 1.165) is 31.4 Å². The highest BCUT2D eigenvalue weighted by molar-refractivity contribution is 7.89. The number of carbonyl (C=O) groups excluding carboxylic acids is 2. The van der Waals surface area contributed by atoms with Gasteiger partial charge in [0.15, 0.2) is 0 Å². The number of benzene rings is 1. The van der Waals surface area contributed by atoms with Gasteiger partial charge in [-0.2, -0.15) is 4.31 Å². The number of hydrogen-bond acceptors (Lipinski definition) is 4. The lowest BCUT2D eigenvalue weighted by Crippen LogP contribution is -2.44. The van der Waals surface area contributed by atoms with Gasteiger partial charge in [-0.3, -0.25) is 9.59 Å². The number of likely N-dealkylation sites (tertiary alicyclic amines) is 1. The number of piperidine rings is 1. The number of hydrogen-bond donors (Lipinski definition) is 1. The van der Waals surface area contributed by atoms with Gasteiger partial charge in [0.25, 0.3) is 5.91 Å². The van der Waals surface area contributed by atoms with Crippen molar-refractivity contribution in [2.45, 2.75) is 71.4 Å². The van der Waals surface area contributed by atoms with E-state index in [9.17, 15) is 18.0 Å². The molecule has 2 aliphatic heterocycles. The van der Waals surface area contributed by atoms with E-state index in [1.54, 1.807) is 18.2 Å². The summed E-state index contributed by atoms with van der Waals surface area (Å²) in [6.07, 6.45) is 4.94. The van der Waals surface area contributed by atoms with Crippen LogP contribution in [0.25, 0.3) is 0 Å². The maximum Gasteiger partial charge on any atom is 0.254 e. The van der Waals surface area contributed by atoms with Gasteiger partial charge in [-0.15, -0.1) is 0 Å². The molecule has 0 radical (unpaired) electrons. The largest absolute Gasteiger partial charge is 0.336 e. The minimum Gasteiger partial charge on any atom is -0.336 e. The van der Waals surface area contributed by atoms with Gasteiger partial charge < -0.3 is 10.2 Å². The molecule has 7 nitrogen and oxygen atoms in total. The molecule has 1 aromatic carbocycles. The molecule has 166 valence electrons. The summed E-state index contributed by atoms with van der Waals surface area (Å²) in [7, 11) is -3.42. The van der Waals surface area contributed by atoms with Crippen LogP contribution >= 0.6 is 0 Å². The third-order valence-electron chi connectivity index (χ3n) is 6.12. The van der Waals surface area contributed by atoms with Crippen LogP contribution in [0, 0.1) is 6.92 Å². The van der Waals surface area contributed by atoms with Crippen molar-refractivity contribution in [3.05, 3.63) is 29.3 Å². The van der Waals surface area contributed by atoms with Crippen LogP contribution in [0.2, 0.25) is 0 Å². The van der Waals surface area contributed by atoms with Gasteiger partial charge in [-0.05, 0) is 76.1 Å². The Morgan fingerprint density at radius 3 is 2.57 bits per heavy atom. The molecule has 0 aliphatic carbocycles. The van der Waals surface area contributed by atoms with E-state index in [-0.39, 0.29) is 23.6 Å². The maximum atomic E-state index is 12.9. The van der Waals surface area contributed by atoms with Gasteiger partial charge >= 0.3 is 0 Å². The van der Waals surface area contributed by atoms with Crippen molar-refractivity contribution in [1.82, 2.24) is 9.21 Å². The van der Waals surface area contributed by atoms with Crippen LogP contribution in [-0.2, 0) is 14.8 Å². The average molecular weight is 436 g/mol. The molecule has 2 saturated heterocycles. The van der Waals surface area contributed by atoms with Crippen LogP contribution in [0.3, 0.4) is 0 Å². The molecule has 2 aliphatic rings. The minimum absolute atomic E-state index is 0.0239. The SMILES string of the molecule is CCCS(=O)(=O)N1CCCC1C(=O)Nc1ccc(C(=O)N2CCCCC2C)cc1C.